The predicted octanol–water partition coefficient (Wildman–Crippen LogP) is 2.12. The average molecular weight is 531 g/mol. The Labute approximate surface area is 226 Å². The highest BCUT2D eigenvalue weighted by atomic mass is 16.5. The Balaban J connectivity index is 1.38. The van der Waals surface area contributed by atoms with Gasteiger partial charge in [-0.3, -0.25) is 19.4 Å². The Bertz CT molecular complexity index is 1330. The molecule has 10 heteroatoms. The fraction of sp³-hybridized carbons (Fsp3) is 0.310. The van der Waals surface area contributed by atoms with E-state index in [2.05, 4.69) is 15.6 Å². The summed E-state index contributed by atoms with van der Waals surface area (Å²) in [6.45, 7) is 0.806. The van der Waals surface area contributed by atoms with Crippen molar-refractivity contribution >= 4 is 17.7 Å². The lowest BCUT2D eigenvalue weighted by Crippen LogP contribution is -2.45. The van der Waals surface area contributed by atoms with Gasteiger partial charge in [0.15, 0.2) is 18.1 Å². The topological polar surface area (TPSA) is 119 Å². The van der Waals surface area contributed by atoms with E-state index in [1.54, 1.807) is 41.6 Å². The summed E-state index contributed by atoms with van der Waals surface area (Å²) in [5.74, 6) is 0.973. The van der Waals surface area contributed by atoms with Crippen molar-refractivity contribution in [2.75, 3.05) is 26.8 Å². The van der Waals surface area contributed by atoms with Gasteiger partial charge in [-0.05, 0) is 53.9 Å². The number of pyridine rings is 1. The van der Waals surface area contributed by atoms with Crippen molar-refractivity contribution < 1.29 is 28.6 Å². The molecule has 10 nitrogen and oxygen atoms in total. The van der Waals surface area contributed by atoms with Gasteiger partial charge in [-0.1, -0.05) is 18.2 Å². The highest BCUT2D eigenvalue weighted by Gasteiger charge is 2.38. The Morgan fingerprint density at radius 1 is 0.974 bits per heavy atom. The molecule has 3 amide bonds. The number of carbonyl (C=O) groups excluding carboxylic acids is 3. The number of rotatable bonds is 2. The van der Waals surface area contributed by atoms with Crippen LogP contribution in [0.5, 0.6) is 17.2 Å². The maximum absolute atomic E-state index is 13.1. The number of fused-ring (bicyclic) bond motifs is 9. The van der Waals surface area contributed by atoms with Crippen LogP contribution in [-0.2, 0) is 22.6 Å². The Hall–Kier alpha value is -4.60. The summed E-state index contributed by atoms with van der Waals surface area (Å²) in [6.07, 6.45) is 3.40. The number of likely N-dealkylation sites (tertiary alicyclic amines) is 1. The number of benzene rings is 2. The standard InChI is InChI=1S/C29H30N4O6/c1-37-24-8-4-19-5-9-27(34)32-23-16-33(29(36)21-10-12-30-13-11-21)17-26(23)39-22-6-2-20(3-7-22)15-31-28(35)18-38-25(24)14-19/h2-4,6-8,10-14,23,26H,5,9,15-18H2,1H3,(H,31,35)(H,32,34)/t23-,26-/m0/s1. The van der Waals surface area contributed by atoms with Gasteiger partial charge in [0.2, 0.25) is 5.91 Å². The summed E-state index contributed by atoms with van der Waals surface area (Å²) >= 11 is 0. The van der Waals surface area contributed by atoms with Gasteiger partial charge in [-0.25, -0.2) is 0 Å². The molecule has 2 aromatic carbocycles. The number of nitrogens with zero attached hydrogens (tertiary/aromatic N) is 2. The largest absolute Gasteiger partial charge is 0.493 e. The van der Waals surface area contributed by atoms with Crippen molar-refractivity contribution in [3.05, 3.63) is 83.7 Å². The van der Waals surface area contributed by atoms with Crippen LogP contribution in [0.25, 0.3) is 0 Å². The lowest BCUT2D eigenvalue weighted by Gasteiger charge is -2.21. The molecule has 0 aliphatic carbocycles. The molecule has 1 saturated heterocycles. The van der Waals surface area contributed by atoms with Gasteiger partial charge in [0.1, 0.15) is 11.9 Å². The monoisotopic (exact) mass is 530 g/mol. The van der Waals surface area contributed by atoms with Gasteiger partial charge in [0, 0.05) is 37.5 Å². The molecule has 202 valence electrons. The minimum atomic E-state index is -0.437. The molecule has 0 unspecified atom stereocenters. The van der Waals surface area contributed by atoms with Crippen molar-refractivity contribution in [2.45, 2.75) is 31.5 Å². The number of carbonyl (C=O) groups is 3. The summed E-state index contributed by atoms with van der Waals surface area (Å²) in [4.78, 5) is 44.2. The molecule has 0 saturated carbocycles. The highest BCUT2D eigenvalue weighted by molar-refractivity contribution is 5.94. The summed E-state index contributed by atoms with van der Waals surface area (Å²) in [6, 6.07) is 15.7. The molecule has 0 spiro atoms. The lowest BCUT2D eigenvalue weighted by molar-refractivity contribution is -0.123. The zero-order valence-corrected chi connectivity index (χ0v) is 21.6. The molecular formula is C29H30N4O6. The molecule has 3 aliphatic heterocycles. The third-order valence-electron chi connectivity index (χ3n) is 6.76. The molecule has 2 N–H and O–H groups in total. The first-order valence-electron chi connectivity index (χ1n) is 12.8. The molecule has 4 bridgehead atoms. The first-order chi connectivity index (χ1) is 19.0. The summed E-state index contributed by atoms with van der Waals surface area (Å²) in [7, 11) is 1.53. The normalized spacial score (nSPS) is 19.8. The first kappa shape index (κ1) is 26.0. The van der Waals surface area contributed by atoms with E-state index in [4.69, 9.17) is 14.2 Å². The second-order valence-corrected chi connectivity index (χ2v) is 9.47. The second-order valence-electron chi connectivity index (χ2n) is 9.47. The zero-order chi connectivity index (χ0) is 27.2. The zero-order valence-electron chi connectivity index (χ0n) is 21.6. The van der Waals surface area contributed by atoms with Gasteiger partial charge < -0.3 is 29.7 Å². The van der Waals surface area contributed by atoms with Crippen LogP contribution in [-0.4, -0.2) is 66.6 Å². The minimum Gasteiger partial charge on any atom is -0.493 e. The van der Waals surface area contributed by atoms with Gasteiger partial charge in [-0.15, -0.1) is 0 Å². The quantitative estimate of drug-likeness (QED) is 0.521. The van der Waals surface area contributed by atoms with Crippen LogP contribution in [0.1, 0.15) is 27.9 Å². The SMILES string of the molecule is COc1ccc2cc1OCC(=O)NCc1ccc(cc1)O[C@H]1CN(C(=O)c3ccncc3)C[C@@H]1NC(=O)CC2. The number of nitrogens with one attached hydrogen (secondary N) is 2. The van der Waals surface area contributed by atoms with E-state index in [1.165, 1.54) is 7.11 Å². The molecular weight excluding hydrogens is 500 g/mol. The molecule has 6 rings (SSSR count). The van der Waals surface area contributed by atoms with Crippen LogP contribution < -0.4 is 24.8 Å². The molecule has 1 fully saturated rings. The molecule has 0 radical (unpaired) electrons. The smallest absolute Gasteiger partial charge is 0.258 e. The number of hydrogen-bond donors (Lipinski definition) is 2. The minimum absolute atomic E-state index is 0.144. The molecule has 39 heavy (non-hydrogen) atoms. The number of aryl methyl sites for hydroxylation is 1. The van der Waals surface area contributed by atoms with Crippen LogP contribution >= 0.6 is 0 Å². The summed E-state index contributed by atoms with van der Waals surface area (Å²) in [5.41, 5.74) is 2.28. The van der Waals surface area contributed by atoms with Crippen LogP contribution in [0.3, 0.4) is 0 Å². The number of hydrogen-bond acceptors (Lipinski definition) is 7. The van der Waals surface area contributed by atoms with E-state index < -0.39 is 6.10 Å². The number of aromatic nitrogens is 1. The highest BCUT2D eigenvalue weighted by Crippen LogP contribution is 2.29. The lowest BCUT2D eigenvalue weighted by atomic mass is 10.1. The van der Waals surface area contributed by atoms with Crippen molar-refractivity contribution in [1.29, 1.82) is 0 Å². The molecule has 1 aromatic heterocycles. The molecule has 3 aromatic rings. The third-order valence-corrected chi connectivity index (χ3v) is 6.76. The molecule has 2 atom stereocenters. The van der Waals surface area contributed by atoms with Crippen molar-refractivity contribution in [2.24, 2.45) is 0 Å². The van der Waals surface area contributed by atoms with E-state index in [1.807, 2.05) is 30.3 Å². The predicted molar refractivity (Wildman–Crippen MR) is 142 cm³/mol. The Morgan fingerprint density at radius 2 is 1.74 bits per heavy atom. The van der Waals surface area contributed by atoms with E-state index >= 15 is 0 Å². The fourth-order valence-corrected chi connectivity index (χ4v) is 4.66. The Morgan fingerprint density at radius 3 is 2.51 bits per heavy atom. The van der Waals surface area contributed by atoms with E-state index in [0.29, 0.717) is 48.9 Å². The van der Waals surface area contributed by atoms with Crippen molar-refractivity contribution in [1.82, 2.24) is 20.5 Å². The molecule has 4 heterocycles. The van der Waals surface area contributed by atoms with Crippen LogP contribution in [0, 0.1) is 0 Å². The molecule has 3 aliphatic rings. The van der Waals surface area contributed by atoms with Crippen LogP contribution in [0.15, 0.2) is 67.0 Å². The Kier molecular flexibility index (Phi) is 7.91. The van der Waals surface area contributed by atoms with Gasteiger partial charge >= 0.3 is 0 Å². The van der Waals surface area contributed by atoms with Gasteiger partial charge in [0.25, 0.3) is 11.8 Å². The van der Waals surface area contributed by atoms with Crippen molar-refractivity contribution in [3.63, 3.8) is 0 Å². The van der Waals surface area contributed by atoms with Crippen LogP contribution in [0.2, 0.25) is 0 Å². The maximum atomic E-state index is 13.1. The van der Waals surface area contributed by atoms with Crippen molar-refractivity contribution in [3.8, 4) is 17.2 Å². The van der Waals surface area contributed by atoms with E-state index in [9.17, 15) is 14.4 Å². The average Bonchev–Trinajstić information content (AvgIpc) is 3.35. The fourth-order valence-electron chi connectivity index (χ4n) is 4.66. The summed E-state index contributed by atoms with van der Waals surface area (Å²) in [5, 5.41) is 5.92. The summed E-state index contributed by atoms with van der Waals surface area (Å²) < 4.78 is 17.4. The number of ether oxygens (including phenoxy) is 3. The van der Waals surface area contributed by atoms with Gasteiger partial charge in [-0.2, -0.15) is 0 Å². The number of methoxy groups -OCH3 is 1. The third kappa shape index (κ3) is 6.46. The maximum Gasteiger partial charge on any atom is 0.258 e. The number of amides is 3. The van der Waals surface area contributed by atoms with Gasteiger partial charge in [0.05, 0.1) is 19.7 Å². The second kappa shape index (κ2) is 11.8. The van der Waals surface area contributed by atoms with E-state index in [0.717, 1.165) is 11.1 Å². The first-order valence-corrected chi connectivity index (χ1v) is 12.8. The van der Waals surface area contributed by atoms with E-state index in [-0.39, 0.29) is 36.8 Å². The van der Waals surface area contributed by atoms with Crippen LogP contribution in [0.4, 0.5) is 0 Å².